The number of amides is 2. The lowest BCUT2D eigenvalue weighted by atomic mass is 10.2. The Bertz CT molecular complexity index is 431. The van der Waals surface area contributed by atoms with E-state index in [0.29, 0.717) is 24.3 Å². The van der Waals surface area contributed by atoms with Crippen molar-refractivity contribution in [3.63, 3.8) is 0 Å². The zero-order valence-corrected chi connectivity index (χ0v) is 9.31. The Labute approximate surface area is 99.9 Å². The molecule has 5 nitrogen and oxygen atoms in total. The summed E-state index contributed by atoms with van der Waals surface area (Å²) in [4.78, 5) is 11.4. The predicted octanol–water partition coefficient (Wildman–Crippen LogP) is 1.19. The van der Waals surface area contributed by atoms with Crippen molar-refractivity contribution in [2.45, 2.75) is 0 Å². The molecule has 0 fully saturated rings. The molecule has 0 aliphatic heterocycles. The summed E-state index contributed by atoms with van der Waals surface area (Å²) in [6.07, 6.45) is 3.54. The SMILES string of the molecule is N#Cc1ccc(NC(=O)NC/C=C/CN)cc1. The van der Waals surface area contributed by atoms with Crippen molar-refractivity contribution in [2.24, 2.45) is 5.73 Å². The van der Waals surface area contributed by atoms with Crippen LogP contribution in [0.3, 0.4) is 0 Å². The highest BCUT2D eigenvalue weighted by Gasteiger charge is 1.99. The summed E-state index contributed by atoms with van der Waals surface area (Å²) in [5, 5.41) is 13.9. The number of hydrogen-bond donors (Lipinski definition) is 3. The maximum absolute atomic E-state index is 11.4. The zero-order valence-electron chi connectivity index (χ0n) is 9.31. The van der Waals surface area contributed by atoms with E-state index in [1.54, 1.807) is 36.4 Å². The first-order valence-corrected chi connectivity index (χ1v) is 5.16. The van der Waals surface area contributed by atoms with Crippen LogP contribution in [0.4, 0.5) is 10.5 Å². The molecule has 0 spiro atoms. The number of nitriles is 1. The van der Waals surface area contributed by atoms with Gasteiger partial charge in [0.1, 0.15) is 0 Å². The van der Waals surface area contributed by atoms with Crippen LogP contribution in [0.1, 0.15) is 5.56 Å². The third kappa shape index (κ3) is 4.82. The minimum atomic E-state index is -0.295. The van der Waals surface area contributed by atoms with Gasteiger partial charge in [-0.05, 0) is 24.3 Å². The first kappa shape index (κ1) is 12.7. The molecule has 5 heteroatoms. The monoisotopic (exact) mass is 230 g/mol. The summed E-state index contributed by atoms with van der Waals surface area (Å²) >= 11 is 0. The predicted molar refractivity (Wildman–Crippen MR) is 66.4 cm³/mol. The van der Waals surface area contributed by atoms with E-state index in [4.69, 9.17) is 11.0 Å². The van der Waals surface area contributed by atoms with Crippen LogP contribution in [-0.2, 0) is 0 Å². The highest BCUT2D eigenvalue weighted by molar-refractivity contribution is 5.89. The van der Waals surface area contributed by atoms with Crippen molar-refractivity contribution in [2.75, 3.05) is 18.4 Å². The summed E-state index contributed by atoms with van der Waals surface area (Å²) in [7, 11) is 0. The highest BCUT2D eigenvalue weighted by atomic mass is 16.2. The fourth-order valence-corrected chi connectivity index (χ4v) is 1.13. The quantitative estimate of drug-likeness (QED) is 0.678. The largest absolute Gasteiger partial charge is 0.334 e. The topological polar surface area (TPSA) is 90.9 Å². The van der Waals surface area contributed by atoms with E-state index in [1.165, 1.54) is 0 Å². The fourth-order valence-electron chi connectivity index (χ4n) is 1.13. The Kier molecular flexibility index (Phi) is 5.28. The van der Waals surface area contributed by atoms with Crippen LogP contribution >= 0.6 is 0 Å². The van der Waals surface area contributed by atoms with Crippen LogP contribution in [0.2, 0.25) is 0 Å². The molecule has 17 heavy (non-hydrogen) atoms. The molecule has 0 heterocycles. The van der Waals surface area contributed by atoms with Crippen molar-refractivity contribution in [1.82, 2.24) is 5.32 Å². The second-order valence-electron chi connectivity index (χ2n) is 3.23. The third-order valence-electron chi connectivity index (χ3n) is 1.96. The Morgan fingerprint density at radius 2 is 2.06 bits per heavy atom. The van der Waals surface area contributed by atoms with Crippen molar-refractivity contribution in [3.05, 3.63) is 42.0 Å². The molecule has 0 unspecified atom stereocenters. The van der Waals surface area contributed by atoms with Gasteiger partial charge in [0.05, 0.1) is 11.6 Å². The Hall–Kier alpha value is -2.32. The number of nitrogens with two attached hydrogens (primary N) is 1. The van der Waals surface area contributed by atoms with Crippen molar-refractivity contribution in [3.8, 4) is 6.07 Å². The lowest BCUT2D eigenvalue weighted by Crippen LogP contribution is -2.28. The molecule has 1 rings (SSSR count). The zero-order chi connectivity index (χ0) is 12.5. The number of rotatable bonds is 4. The molecule has 4 N–H and O–H groups in total. The van der Waals surface area contributed by atoms with E-state index < -0.39 is 0 Å². The van der Waals surface area contributed by atoms with Crippen molar-refractivity contribution < 1.29 is 4.79 Å². The number of nitrogens with one attached hydrogen (secondary N) is 2. The maximum Gasteiger partial charge on any atom is 0.319 e. The number of hydrogen-bond acceptors (Lipinski definition) is 3. The molecule has 0 aliphatic carbocycles. The van der Waals surface area contributed by atoms with Crippen LogP contribution < -0.4 is 16.4 Å². The Balaban J connectivity index is 2.40. The summed E-state index contributed by atoms with van der Waals surface area (Å²) in [6.45, 7) is 0.887. The average molecular weight is 230 g/mol. The molecule has 0 bridgehead atoms. The van der Waals surface area contributed by atoms with Crippen LogP contribution in [0.5, 0.6) is 0 Å². The second kappa shape index (κ2) is 7.04. The molecule has 1 aromatic rings. The van der Waals surface area contributed by atoms with Gasteiger partial charge in [-0.3, -0.25) is 0 Å². The molecule has 0 aliphatic rings. The molecule has 0 atom stereocenters. The van der Waals surface area contributed by atoms with E-state index in [1.807, 2.05) is 6.07 Å². The van der Waals surface area contributed by atoms with Gasteiger partial charge in [-0.25, -0.2) is 4.79 Å². The maximum atomic E-state index is 11.4. The van der Waals surface area contributed by atoms with Crippen LogP contribution in [0.25, 0.3) is 0 Å². The number of carbonyl (C=O) groups is 1. The smallest absolute Gasteiger partial charge is 0.319 e. The molecule has 0 aromatic heterocycles. The second-order valence-corrected chi connectivity index (χ2v) is 3.23. The van der Waals surface area contributed by atoms with Crippen molar-refractivity contribution in [1.29, 1.82) is 5.26 Å². The van der Waals surface area contributed by atoms with Gasteiger partial charge in [0.2, 0.25) is 0 Å². The number of nitrogens with zero attached hydrogens (tertiary/aromatic N) is 1. The van der Waals surface area contributed by atoms with Gasteiger partial charge in [-0.2, -0.15) is 5.26 Å². The summed E-state index contributed by atoms with van der Waals surface area (Å²) in [5.41, 5.74) is 6.45. The lowest BCUT2D eigenvalue weighted by molar-refractivity contribution is 0.253. The van der Waals surface area contributed by atoms with Gasteiger partial charge in [0, 0.05) is 18.8 Å². The standard InChI is InChI=1S/C12H14N4O/c13-7-1-2-8-15-12(17)16-11-5-3-10(9-14)4-6-11/h1-6H,7-8,13H2,(H2,15,16,17)/b2-1+. The van der Waals surface area contributed by atoms with E-state index in [2.05, 4.69) is 10.6 Å². The molecule has 0 radical (unpaired) electrons. The molecule has 2 amide bonds. The number of carbonyl (C=O) groups excluding carboxylic acids is 1. The molecular weight excluding hydrogens is 216 g/mol. The van der Waals surface area contributed by atoms with E-state index in [9.17, 15) is 4.79 Å². The van der Waals surface area contributed by atoms with E-state index in [-0.39, 0.29) is 6.03 Å². The van der Waals surface area contributed by atoms with Gasteiger partial charge < -0.3 is 16.4 Å². The van der Waals surface area contributed by atoms with Gasteiger partial charge >= 0.3 is 6.03 Å². The fraction of sp³-hybridized carbons (Fsp3) is 0.167. The molecule has 0 saturated heterocycles. The number of anilines is 1. The highest BCUT2D eigenvalue weighted by Crippen LogP contribution is 2.08. The molecule has 88 valence electrons. The first-order chi connectivity index (χ1) is 8.26. The Morgan fingerprint density at radius 3 is 2.65 bits per heavy atom. The molecule has 0 saturated carbocycles. The average Bonchev–Trinajstić information content (AvgIpc) is 2.36. The van der Waals surface area contributed by atoms with Gasteiger partial charge in [0.15, 0.2) is 0 Å². The lowest BCUT2D eigenvalue weighted by Gasteiger charge is -2.05. The van der Waals surface area contributed by atoms with E-state index in [0.717, 1.165) is 0 Å². The van der Waals surface area contributed by atoms with Crippen LogP contribution in [0.15, 0.2) is 36.4 Å². The van der Waals surface area contributed by atoms with Crippen LogP contribution in [-0.4, -0.2) is 19.1 Å². The summed E-state index contributed by atoms with van der Waals surface area (Å²) < 4.78 is 0. The van der Waals surface area contributed by atoms with Gasteiger partial charge in [-0.15, -0.1) is 0 Å². The summed E-state index contributed by atoms with van der Waals surface area (Å²) in [5.74, 6) is 0. The minimum Gasteiger partial charge on any atom is -0.334 e. The summed E-state index contributed by atoms with van der Waals surface area (Å²) in [6, 6.07) is 8.35. The van der Waals surface area contributed by atoms with E-state index >= 15 is 0 Å². The van der Waals surface area contributed by atoms with Gasteiger partial charge in [0.25, 0.3) is 0 Å². The van der Waals surface area contributed by atoms with Crippen molar-refractivity contribution >= 4 is 11.7 Å². The third-order valence-corrected chi connectivity index (χ3v) is 1.96. The number of benzene rings is 1. The normalized spacial score (nSPS) is 9.88. The van der Waals surface area contributed by atoms with Crippen LogP contribution in [0, 0.1) is 11.3 Å². The van der Waals surface area contributed by atoms with Gasteiger partial charge in [-0.1, -0.05) is 12.2 Å². The molecule has 1 aromatic carbocycles. The first-order valence-electron chi connectivity index (χ1n) is 5.16. The molecular formula is C12H14N4O. The Morgan fingerprint density at radius 1 is 1.35 bits per heavy atom. The number of urea groups is 1. The minimum absolute atomic E-state index is 0.295.